The van der Waals surface area contributed by atoms with Crippen LogP contribution in [0.3, 0.4) is 0 Å². The van der Waals surface area contributed by atoms with Gasteiger partial charge in [-0.15, -0.1) is 0 Å². The Morgan fingerprint density at radius 1 is 0.955 bits per heavy atom. The molecule has 0 aromatic heterocycles. The van der Waals surface area contributed by atoms with Crippen molar-refractivity contribution in [1.82, 2.24) is 4.90 Å². The van der Waals surface area contributed by atoms with Gasteiger partial charge in [-0.3, -0.25) is 0 Å². The maximum absolute atomic E-state index is 9.39. The lowest BCUT2D eigenvalue weighted by molar-refractivity contribution is 0.539. The molecule has 0 saturated carbocycles. The SMILES string of the molecule is N#CC1C=CC=CN1C(=Nc1ccccc1)c1ccccc1. The molecule has 106 valence electrons. The van der Waals surface area contributed by atoms with E-state index >= 15 is 0 Å². The number of rotatable bonds is 2. The largest absolute Gasteiger partial charge is 0.312 e. The molecule has 0 spiro atoms. The van der Waals surface area contributed by atoms with Crippen molar-refractivity contribution in [1.29, 1.82) is 5.26 Å². The Hall–Kier alpha value is -3.12. The van der Waals surface area contributed by atoms with Gasteiger partial charge >= 0.3 is 0 Å². The predicted molar refractivity (Wildman–Crippen MR) is 88.6 cm³/mol. The summed E-state index contributed by atoms with van der Waals surface area (Å²) in [5, 5.41) is 9.39. The molecule has 0 radical (unpaired) electrons. The molecule has 1 atom stereocenters. The highest BCUT2D eigenvalue weighted by atomic mass is 15.2. The fourth-order valence-electron chi connectivity index (χ4n) is 2.29. The van der Waals surface area contributed by atoms with E-state index < -0.39 is 0 Å². The Labute approximate surface area is 130 Å². The number of aliphatic imine (C=N–C) groups is 1. The van der Waals surface area contributed by atoms with Crippen molar-refractivity contribution in [2.75, 3.05) is 0 Å². The molecular weight excluding hydrogens is 270 g/mol. The molecule has 0 amide bonds. The monoisotopic (exact) mass is 285 g/mol. The Morgan fingerprint density at radius 3 is 2.32 bits per heavy atom. The van der Waals surface area contributed by atoms with Crippen molar-refractivity contribution in [2.24, 2.45) is 4.99 Å². The zero-order valence-corrected chi connectivity index (χ0v) is 12.0. The third kappa shape index (κ3) is 2.97. The Balaban J connectivity index is 2.08. The Kier molecular flexibility index (Phi) is 4.12. The average Bonchev–Trinajstić information content (AvgIpc) is 2.61. The summed E-state index contributed by atoms with van der Waals surface area (Å²) in [4.78, 5) is 6.65. The fraction of sp³-hybridized carbons (Fsp3) is 0.0526. The lowest BCUT2D eigenvalue weighted by Crippen LogP contribution is -2.35. The number of amidine groups is 1. The third-order valence-corrected chi connectivity index (χ3v) is 3.35. The summed E-state index contributed by atoms with van der Waals surface area (Å²) in [6, 6.07) is 21.6. The van der Waals surface area contributed by atoms with Crippen LogP contribution < -0.4 is 0 Å². The van der Waals surface area contributed by atoms with Crippen molar-refractivity contribution in [3.8, 4) is 6.07 Å². The van der Waals surface area contributed by atoms with E-state index in [1.807, 2.05) is 90.0 Å². The molecule has 3 heteroatoms. The minimum atomic E-state index is -0.354. The van der Waals surface area contributed by atoms with E-state index in [1.165, 1.54) is 0 Å². The van der Waals surface area contributed by atoms with Gasteiger partial charge in [0.2, 0.25) is 0 Å². The maximum Gasteiger partial charge on any atom is 0.141 e. The second kappa shape index (κ2) is 6.55. The van der Waals surface area contributed by atoms with Crippen molar-refractivity contribution < 1.29 is 0 Å². The van der Waals surface area contributed by atoms with Crippen molar-refractivity contribution in [2.45, 2.75) is 6.04 Å². The van der Waals surface area contributed by atoms with E-state index in [4.69, 9.17) is 4.99 Å². The summed E-state index contributed by atoms with van der Waals surface area (Å²) < 4.78 is 0. The number of nitriles is 1. The molecule has 0 saturated heterocycles. The second-order valence-corrected chi connectivity index (χ2v) is 4.84. The summed E-state index contributed by atoms with van der Waals surface area (Å²) in [6.45, 7) is 0. The molecule has 22 heavy (non-hydrogen) atoms. The molecule has 1 unspecified atom stereocenters. The summed E-state index contributed by atoms with van der Waals surface area (Å²) in [5.74, 6) is 0.763. The number of para-hydroxylation sites is 1. The van der Waals surface area contributed by atoms with E-state index in [0.29, 0.717) is 0 Å². The zero-order valence-electron chi connectivity index (χ0n) is 12.0. The van der Waals surface area contributed by atoms with Gasteiger partial charge < -0.3 is 4.90 Å². The van der Waals surface area contributed by atoms with Gasteiger partial charge in [0.25, 0.3) is 0 Å². The van der Waals surface area contributed by atoms with Crippen LogP contribution in [0.25, 0.3) is 0 Å². The minimum Gasteiger partial charge on any atom is -0.312 e. The van der Waals surface area contributed by atoms with Crippen LogP contribution in [0.1, 0.15) is 5.56 Å². The van der Waals surface area contributed by atoms with E-state index in [2.05, 4.69) is 6.07 Å². The molecular formula is C19H15N3. The topological polar surface area (TPSA) is 39.4 Å². The predicted octanol–water partition coefficient (Wildman–Crippen LogP) is 4.04. The van der Waals surface area contributed by atoms with E-state index in [9.17, 15) is 5.26 Å². The fourth-order valence-corrected chi connectivity index (χ4v) is 2.29. The molecule has 2 aromatic rings. The number of benzene rings is 2. The molecule has 1 aliphatic rings. The number of hydrogen-bond acceptors (Lipinski definition) is 2. The van der Waals surface area contributed by atoms with Crippen molar-refractivity contribution >= 4 is 11.5 Å². The van der Waals surface area contributed by atoms with E-state index in [-0.39, 0.29) is 6.04 Å². The highest BCUT2D eigenvalue weighted by Gasteiger charge is 2.20. The van der Waals surface area contributed by atoms with Gasteiger partial charge in [-0.05, 0) is 24.3 Å². The van der Waals surface area contributed by atoms with Crippen LogP contribution in [-0.2, 0) is 0 Å². The number of hydrogen-bond donors (Lipinski definition) is 0. The lowest BCUT2D eigenvalue weighted by Gasteiger charge is -2.27. The van der Waals surface area contributed by atoms with Crippen LogP contribution in [0.4, 0.5) is 5.69 Å². The molecule has 3 nitrogen and oxygen atoms in total. The minimum absolute atomic E-state index is 0.354. The highest BCUT2D eigenvalue weighted by Crippen LogP contribution is 2.19. The Morgan fingerprint density at radius 2 is 1.64 bits per heavy atom. The first kappa shape index (κ1) is 13.8. The van der Waals surface area contributed by atoms with Crippen LogP contribution in [-0.4, -0.2) is 16.8 Å². The van der Waals surface area contributed by atoms with Gasteiger partial charge in [0.15, 0.2) is 0 Å². The smallest absolute Gasteiger partial charge is 0.141 e. The third-order valence-electron chi connectivity index (χ3n) is 3.35. The van der Waals surface area contributed by atoms with Crippen molar-refractivity contribution in [3.05, 3.63) is 90.7 Å². The molecule has 0 fully saturated rings. The second-order valence-electron chi connectivity index (χ2n) is 4.84. The number of allylic oxidation sites excluding steroid dienone is 2. The zero-order chi connectivity index (χ0) is 15.2. The first-order valence-corrected chi connectivity index (χ1v) is 7.10. The van der Waals surface area contributed by atoms with Crippen LogP contribution >= 0.6 is 0 Å². The molecule has 3 rings (SSSR count). The van der Waals surface area contributed by atoms with Crippen LogP contribution in [0, 0.1) is 11.3 Å². The first-order valence-electron chi connectivity index (χ1n) is 7.10. The molecule has 1 heterocycles. The molecule has 0 bridgehead atoms. The van der Waals surface area contributed by atoms with Gasteiger partial charge in [0.1, 0.15) is 11.9 Å². The van der Waals surface area contributed by atoms with Crippen LogP contribution in [0.5, 0.6) is 0 Å². The van der Waals surface area contributed by atoms with Crippen LogP contribution in [0.2, 0.25) is 0 Å². The molecule has 0 N–H and O–H groups in total. The number of nitrogens with zero attached hydrogens (tertiary/aromatic N) is 3. The lowest BCUT2D eigenvalue weighted by atomic mass is 10.1. The van der Waals surface area contributed by atoms with Crippen LogP contribution in [0.15, 0.2) is 90.1 Å². The summed E-state index contributed by atoms with van der Waals surface area (Å²) >= 11 is 0. The molecule has 0 aliphatic carbocycles. The van der Waals surface area contributed by atoms with Gasteiger partial charge in [-0.2, -0.15) is 5.26 Å². The van der Waals surface area contributed by atoms with E-state index in [0.717, 1.165) is 17.1 Å². The maximum atomic E-state index is 9.39. The summed E-state index contributed by atoms with van der Waals surface area (Å²) in [5.41, 5.74) is 1.84. The highest BCUT2D eigenvalue weighted by molar-refractivity contribution is 6.01. The van der Waals surface area contributed by atoms with Gasteiger partial charge in [0.05, 0.1) is 11.8 Å². The summed E-state index contributed by atoms with van der Waals surface area (Å²) in [6.07, 6.45) is 7.55. The molecule has 2 aromatic carbocycles. The quantitative estimate of drug-likeness (QED) is 0.617. The van der Waals surface area contributed by atoms with Gasteiger partial charge in [-0.25, -0.2) is 4.99 Å². The standard InChI is InChI=1S/C19H15N3/c20-15-18-13-7-8-14-22(18)19(16-9-3-1-4-10-16)21-17-11-5-2-6-12-17/h1-14,18H. The van der Waals surface area contributed by atoms with Crippen molar-refractivity contribution in [3.63, 3.8) is 0 Å². The molecule has 1 aliphatic heterocycles. The first-order chi connectivity index (χ1) is 10.9. The normalized spacial score (nSPS) is 17.3. The van der Waals surface area contributed by atoms with Gasteiger partial charge in [0, 0.05) is 11.8 Å². The van der Waals surface area contributed by atoms with E-state index in [1.54, 1.807) is 0 Å². The summed E-state index contributed by atoms with van der Waals surface area (Å²) in [7, 11) is 0. The van der Waals surface area contributed by atoms with Gasteiger partial charge in [-0.1, -0.05) is 54.6 Å². The average molecular weight is 285 g/mol. The Bertz CT molecular complexity index is 752.